The van der Waals surface area contributed by atoms with Gasteiger partial charge in [0.1, 0.15) is 16.5 Å². The van der Waals surface area contributed by atoms with Gasteiger partial charge in [-0.15, -0.1) is 0 Å². The quantitative estimate of drug-likeness (QED) is 0.414. The van der Waals surface area contributed by atoms with Gasteiger partial charge in [-0.3, -0.25) is 5.32 Å². The molecule has 0 amide bonds. The third kappa shape index (κ3) is 5.63. The van der Waals surface area contributed by atoms with Gasteiger partial charge in [0.2, 0.25) is 5.95 Å². The molecule has 10 heteroatoms. The third-order valence-corrected chi connectivity index (χ3v) is 6.77. The van der Waals surface area contributed by atoms with Gasteiger partial charge in [-0.2, -0.15) is 9.97 Å². The number of carbonyl (C=O) groups excluding carboxylic acids is 1. The molecule has 1 aliphatic rings. The number of anilines is 4. The number of hydrogen-bond donors (Lipinski definition) is 3. The van der Waals surface area contributed by atoms with E-state index in [1.807, 2.05) is 6.07 Å². The van der Waals surface area contributed by atoms with Crippen LogP contribution in [0.1, 0.15) is 39.0 Å². The van der Waals surface area contributed by atoms with Gasteiger partial charge >= 0.3 is 5.97 Å². The summed E-state index contributed by atoms with van der Waals surface area (Å²) in [5.74, 6) is 1.65. The van der Waals surface area contributed by atoms with E-state index in [-0.39, 0.29) is 5.97 Å². The van der Waals surface area contributed by atoms with Crippen molar-refractivity contribution in [2.75, 3.05) is 48.3 Å². The van der Waals surface area contributed by atoms with E-state index in [0.29, 0.717) is 34.8 Å². The van der Waals surface area contributed by atoms with E-state index in [0.717, 1.165) is 37.8 Å². The van der Waals surface area contributed by atoms with Gasteiger partial charge in [0.15, 0.2) is 5.13 Å². The molecule has 0 saturated carbocycles. The number of thiazole rings is 1. The van der Waals surface area contributed by atoms with Crippen molar-refractivity contribution in [3.05, 3.63) is 51.5 Å². The number of nitrogens with zero attached hydrogens (tertiary/aromatic N) is 4. The van der Waals surface area contributed by atoms with Crippen molar-refractivity contribution >= 4 is 40.0 Å². The van der Waals surface area contributed by atoms with Crippen molar-refractivity contribution in [3.63, 3.8) is 0 Å². The van der Waals surface area contributed by atoms with Crippen LogP contribution in [0.5, 0.6) is 0 Å². The van der Waals surface area contributed by atoms with E-state index >= 15 is 0 Å². The van der Waals surface area contributed by atoms with Crippen molar-refractivity contribution < 1.29 is 9.53 Å². The lowest BCUT2D eigenvalue weighted by Gasteiger charge is -2.28. The molecule has 0 bridgehead atoms. The number of ether oxygens (including phenoxy) is 1. The van der Waals surface area contributed by atoms with E-state index in [2.05, 4.69) is 57.9 Å². The summed E-state index contributed by atoms with van der Waals surface area (Å²) < 4.78 is 5.13. The predicted octanol–water partition coefficient (Wildman–Crippen LogP) is 3.80. The standard InChI is InChI=1S/C24H31N7O2S/c1-5-33-22(32)21-17(4)27-24(34-21)30-23-28-19(13-20(29-23)31-11-9-25-10-12-31)26-14-18-15(2)7-6-8-16(18)3/h6-8,13,25H,5,9-12,14H2,1-4H3,(H2,26,27,28,29,30). The van der Waals surface area contributed by atoms with Gasteiger partial charge in [0, 0.05) is 38.8 Å². The molecule has 0 unspecified atom stereocenters. The van der Waals surface area contributed by atoms with Crippen LogP contribution in [0.25, 0.3) is 0 Å². The molecular formula is C24H31N7O2S. The zero-order valence-corrected chi connectivity index (χ0v) is 20.9. The van der Waals surface area contributed by atoms with Crippen LogP contribution < -0.4 is 20.9 Å². The molecular weight excluding hydrogens is 450 g/mol. The van der Waals surface area contributed by atoms with E-state index in [1.54, 1.807) is 13.8 Å². The van der Waals surface area contributed by atoms with E-state index in [1.165, 1.54) is 28.0 Å². The number of benzene rings is 1. The van der Waals surface area contributed by atoms with E-state index < -0.39 is 0 Å². The summed E-state index contributed by atoms with van der Waals surface area (Å²) in [7, 11) is 0. The molecule has 3 heterocycles. The average molecular weight is 482 g/mol. The Bertz CT molecular complexity index is 1140. The van der Waals surface area contributed by atoms with Crippen LogP contribution >= 0.6 is 11.3 Å². The second kappa shape index (κ2) is 10.8. The number of nitrogens with one attached hydrogen (secondary N) is 3. The molecule has 0 atom stereocenters. The van der Waals surface area contributed by atoms with Gasteiger partial charge in [-0.25, -0.2) is 9.78 Å². The smallest absolute Gasteiger partial charge is 0.350 e. The first-order valence-corrected chi connectivity index (χ1v) is 12.3. The first kappa shape index (κ1) is 23.9. The SMILES string of the molecule is CCOC(=O)c1sc(Nc2nc(NCc3c(C)cccc3C)cc(N3CCNCC3)n2)nc1C. The molecule has 1 saturated heterocycles. The Hall–Kier alpha value is -3.24. The zero-order chi connectivity index (χ0) is 24.1. The van der Waals surface area contributed by atoms with Crippen molar-refractivity contribution in [3.8, 4) is 0 Å². The third-order valence-electron chi connectivity index (χ3n) is 5.72. The van der Waals surface area contributed by atoms with Gasteiger partial charge in [-0.1, -0.05) is 29.5 Å². The zero-order valence-electron chi connectivity index (χ0n) is 20.1. The average Bonchev–Trinajstić information content (AvgIpc) is 3.19. The molecule has 180 valence electrons. The molecule has 1 aromatic carbocycles. The van der Waals surface area contributed by atoms with Crippen molar-refractivity contribution in [1.29, 1.82) is 0 Å². The van der Waals surface area contributed by atoms with Crippen molar-refractivity contribution in [1.82, 2.24) is 20.3 Å². The molecule has 2 aromatic heterocycles. The predicted molar refractivity (Wildman–Crippen MR) is 136 cm³/mol. The van der Waals surface area contributed by atoms with Gasteiger partial charge in [0.25, 0.3) is 0 Å². The van der Waals surface area contributed by atoms with Crippen LogP contribution in [0, 0.1) is 20.8 Å². The number of rotatable bonds is 8. The Balaban J connectivity index is 1.60. The Morgan fingerprint density at radius 2 is 1.88 bits per heavy atom. The maximum Gasteiger partial charge on any atom is 0.350 e. The van der Waals surface area contributed by atoms with E-state index in [9.17, 15) is 4.79 Å². The Morgan fingerprint density at radius 3 is 2.59 bits per heavy atom. The largest absolute Gasteiger partial charge is 0.462 e. The van der Waals surface area contributed by atoms with Crippen LogP contribution in [0.4, 0.5) is 22.7 Å². The number of esters is 1. The lowest BCUT2D eigenvalue weighted by molar-refractivity contribution is 0.0531. The molecule has 3 N–H and O–H groups in total. The molecule has 34 heavy (non-hydrogen) atoms. The van der Waals surface area contributed by atoms with Gasteiger partial charge in [0.05, 0.1) is 12.3 Å². The Kier molecular flexibility index (Phi) is 7.59. The minimum Gasteiger partial charge on any atom is -0.462 e. The normalized spacial score (nSPS) is 13.6. The maximum absolute atomic E-state index is 12.2. The van der Waals surface area contributed by atoms with Gasteiger partial charge < -0.3 is 20.3 Å². The first-order chi connectivity index (χ1) is 16.4. The monoisotopic (exact) mass is 481 g/mol. The fraction of sp³-hybridized carbons (Fsp3) is 0.417. The first-order valence-electron chi connectivity index (χ1n) is 11.5. The summed E-state index contributed by atoms with van der Waals surface area (Å²) in [6.45, 7) is 12.4. The molecule has 0 spiro atoms. The van der Waals surface area contributed by atoms with Crippen LogP contribution in [0.3, 0.4) is 0 Å². The molecule has 3 aromatic rings. The molecule has 0 radical (unpaired) electrons. The number of aryl methyl sites for hydroxylation is 3. The molecule has 9 nitrogen and oxygen atoms in total. The molecule has 4 rings (SSSR count). The Morgan fingerprint density at radius 1 is 1.15 bits per heavy atom. The number of aromatic nitrogens is 3. The highest BCUT2D eigenvalue weighted by atomic mass is 32.1. The second-order valence-corrected chi connectivity index (χ2v) is 9.17. The summed E-state index contributed by atoms with van der Waals surface area (Å²) in [6, 6.07) is 8.30. The number of carbonyl (C=O) groups is 1. The van der Waals surface area contributed by atoms with E-state index in [4.69, 9.17) is 14.7 Å². The fourth-order valence-corrected chi connectivity index (χ4v) is 4.73. The summed E-state index contributed by atoms with van der Waals surface area (Å²) in [6.07, 6.45) is 0. The van der Waals surface area contributed by atoms with Crippen LogP contribution in [0.2, 0.25) is 0 Å². The minimum atomic E-state index is -0.364. The maximum atomic E-state index is 12.2. The highest BCUT2D eigenvalue weighted by molar-refractivity contribution is 7.17. The summed E-state index contributed by atoms with van der Waals surface area (Å²) >= 11 is 1.24. The second-order valence-electron chi connectivity index (χ2n) is 8.17. The van der Waals surface area contributed by atoms with Crippen LogP contribution in [-0.4, -0.2) is 53.7 Å². The van der Waals surface area contributed by atoms with Crippen LogP contribution in [0.15, 0.2) is 24.3 Å². The highest BCUT2D eigenvalue weighted by Gasteiger charge is 2.19. The van der Waals surface area contributed by atoms with Crippen LogP contribution in [-0.2, 0) is 11.3 Å². The highest BCUT2D eigenvalue weighted by Crippen LogP contribution is 2.27. The Labute approximate surface area is 204 Å². The molecule has 1 fully saturated rings. The summed E-state index contributed by atoms with van der Waals surface area (Å²) in [5, 5.41) is 10.6. The number of piperazine rings is 1. The molecule has 0 aliphatic carbocycles. The lowest BCUT2D eigenvalue weighted by Crippen LogP contribution is -2.44. The topological polar surface area (TPSA) is 104 Å². The summed E-state index contributed by atoms with van der Waals surface area (Å²) in [5.41, 5.74) is 4.37. The summed E-state index contributed by atoms with van der Waals surface area (Å²) in [4.78, 5) is 28.8. The lowest BCUT2D eigenvalue weighted by atomic mass is 10.0. The van der Waals surface area contributed by atoms with Crippen molar-refractivity contribution in [2.24, 2.45) is 0 Å². The van der Waals surface area contributed by atoms with Crippen molar-refractivity contribution in [2.45, 2.75) is 34.2 Å². The van der Waals surface area contributed by atoms with Gasteiger partial charge in [-0.05, 0) is 44.4 Å². The minimum absolute atomic E-state index is 0.324. The molecule has 1 aliphatic heterocycles. The fourth-order valence-electron chi connectivity index (χ4n) is 3.88. The number of hydrogen-bond acceptors (Lipinski definition) is 10.